The molecule has 2 N–H and O–H groups in total. The van der Waals surface area contributed by atoms with Crippen LogP contribution in [0.1, 0.15) is 12.8 Å². The predicted octanol–water partition coefficient (Wildman–Crippen LogP) is -1.12. The number of hydrogen-bond donors (Lipinski definition) is 2. The summed E-state index contributed by atoms with van der Waals surface area (Å²) in [4.78, 5) is 15.0. The maximum Gasteiger partial charge on any atom is 0.246 e. The number of anilines is 1. The summed E-state index contributed by atoms with van der Waals surface area (Å²) in [6, 6.07) is 0. The maximum absolute atomic E-state index is 12.1. The van der Waals surface area contributed by atoms with Crippen LogP contribution in [0.25, 0.3) is 0 Å². The number of piperidine rings is 1. The molecular weight excluding hydrogens is 298 g/mol. The van der Waals surface area contributed by atoms with Gasteiger partial charge >= 0.3 is 0 Å². The number of rotatable bonds is 5. The SMILES string of the molecule is CS(=O)(=O)Nc1cnn(CC(=O)N2CCCC(CO)C2)n1. The van der Waals surface area contributed by atoms with Crippen molar-refractivity contribution in [3.63, 3.8) is 0 Å². The maximum atomic E-state index is 12.1. The normalized spacial score (nSPS) is 19.5. The minimum absolute atomic E-state index is 0.0520. The number of sulfonamides is 1. The van der Waals surface area contributed by atoms with Gasteiger partial charge in [-0.2, -0.15) is 9.90 Å². The summed E-state index contributed by atoms with van der Waals surface area (Å²) in [5.41, 5.74) is 0. The van der Waals surface area contributed by atoms with Gasteiger partial charge in [0.15, 0.2) is 5.82 Å². The molecule has 1 atom stereocenters. The largest absolute Gasteiger partial charge is 0.396 e. The topological polar surface area (TPSA) is 117 Å². The summed E-state index contributed by atoms with van der Waals surface area (Å²) in [7, 11) is -3.41. The Kier molecular flexibility index (Phi) is 4.78. The zero-order valence-electron chi connectivity index (χ0n) is 11.8. The van der Waals surface area contributed by atoms with Crippen LogP contribution in [0.3, 0.4) is 0 Å². The summed E-state index contributed by atoms with van der Waals surface area (Å²) in [6.45, 7) is 1.21. The zero-order chi connectivity index (χ0) is 15.5. The number of aliphatic hydroxyl groups excluding tert-OH is 1. The molecule has 9 nitrogen and oxygen atoms in total. The molecule has 10 heteroatoms. The van der Waals surface area contributed by atoms with E-state index in [9.17, 15) is 13.2 Å². The molecule has 1 aromatic heterocycles. The molecule has 0 saturated carbocycles. The number of aliphatic hydroxyl groups is 1. The minimum Gasteiger partial charge on any atom is -0.396 e. The van der Waals surface area contributed by atoms with Gasteiger partial charge in [0.1, 0.15) is 6.54 Å². The lowest BCUT2D eigenvalue weighted by molar-refractivity contribution is -0.134. The Morgan fingerprint density at radius 3 is 3.00 bits per heavy atom. The molecule has 118 valence electrons. The van der Waals surface area contributed by atoms with E-state index in [0.29, 0.717) is 13.1 Å². The van der Waals surface area contributed by atoms with Crippen LogP contribution in [-0.2, 0) is 21.4 Å². The van der Waals surface area contributed by atoms with E-state index >= 15 is 0 Å². The first-order valence-electron chi connectivity index (χ1n) is 6.64. The monoisotopic (exact) mass is 317 g/mol. The van der Waals surface area contributed by atoms with Gasteiger partial charge in [-0.1, -0.05) is 0 Å². The molecule has 0 bridgehead atoms. The number of nitrogens with zero attached hydrogens (tertiary/aromatic N) is 4. The highest BCUT2D eigenvalue weighted by Gasteiger charge is 2.23. The standard InChI is InChI=1S/C11H19N5O4S/c1-21(19,20)14-10-5-12-16(13-10)7-11(18)15-4-2-3-9(6-15)8-17/h5,9,17H,2-4,6-8H2,1H3,(H,13,14). The third-order valence-electron chi connectivity index (χ3n) is 3.23. The summed E-state index contributed by atoms with van der Waals surface area (Å²) >= 11 is 0. The van der Waals surface area contributed by atoms with Crippen LogP contribution in [0.5, 0.6) is 0 Å². The molecule has 2 rings (SSSR count). The number of likely N-dealkylation sites (tertiary alicyclic amines) is 1. The van der Waals surface area contributed by atoms with Gasteiger partial charge in [-0.3, -0.25) is 9.52 Å². The van der Waals surface area contributed by atoms with E-state index < -0.39 is 10.0 Å². The van der Waals surface area contributed by atoms with Gasteiger partial charge in [-0.25, -0.2) is 8.42 Å². The van der Waals surface area contributed by atoms with Crippen molar-refractivity contribution in [2.45, 2.75) is 19.4 Å². The van der Waals surface area contributed by atoms with Crippen LogP contribution in [0.2, 0.25) is 0 Å². The van der Waals surface area contributed by atoms with Crippen LogP contribution >= 0.6 is 0 Å². The van der Waals surface area contributed by atoms with Crippen LogP contribution in [0.4, 0.5) is 5.82 Å². The lowest BCUT2D eigenvalue weighted by atomic mass is 9.99. The van der Waals surface area contributed by atoms with Gasteiger partial charge in [0.25, 0.3) is 0 Å². The fourth-order valence-electron chi connectivity index (χ4n) is 2.27. The molecule has 1 saturated heterocycles. The van der Waals surface area contributed by atoms with Crippen LogP contribution in [0.15, 0.2) is 6.20 Å². The second-order valence-electron chi connectivity index (χ2n) is 5.17. The van der Waals surface area contributed by atoms with Gasteiger partial charge in [0.05, 0.1) is 12.5 Å². The van der Waals surface area contributed by atoms with Crippen molar-refractivity contribution in [3.8, 4) is 0 Å². The van der Waals surface area contributed by atoms with E-state index in [4.69, 9.17) is 5.11 Å². The molecule has 1 aliphatic heterocycles. The van der Waals surface area contributed by atoms with Crippen molar-refractivity contribution < 1.29 is 18.3 Å². The quantitative estimate of drug-likeness (QED) is 0.710. The molecule has 0 aromatic carbocycles. The highest BCUT2D eigenvalue weighted by Crippen LogP contribution is 2.16. The molecule has 2 heterocycles. The summed E-state index contributed by atoms with van der Waals surface area (Å²) in [5, 5.41) is 16.9. The van der Waals surface area contributed by atoms with Gasteiger partial charge in [0.2, 0.25) is 15.9 Å². The third kappa shape index (κ3) is 4.67. The van der Waals surface area contributed by atoms with E-state index in [-0.39, 0.29) is 30.8 Å². The molecule has 1 unspecified atom stereocenters. The number of hydrogen-bond acceptors (Lipinski definition) is 6. The summed E-state index contributed by atoms with van der Waals surface area (Å²) < 4.78 is 24.3. The van der Waals surface area contributed by atoms with E-state index in [1.54, 1.807) is 4.90 Å². The number of amides is 1. The first-order valence-corrected chi connectivity index (χ1v) is 8.53. The van der Waals surface area contributed by atoms with Crippen molar-refractivity contribution in [1.29, 1.82) is 0 Å². The van der Waals surface area contributed by atoms with E-state index in [1.165, 1.54) is 6.20 Å². The van der Waals surface area contributed by atoms with Crippen molar-refractivity contribution >= 4 is 21.7 Å². The summed E-state index contributed by atoms with van der Waals surface area (Å²) in [6.07, 6.45) is 4.05. The summed E-state index contributed by atoms with van der Waals surface area (Å²) in [5.74, 6) is 0.0579. The zero-order valence-corrected chi connectivity index (χ0v) is 12.6. The third-order valence-corrected chi connectivity index (χ3v) is 3.81. The Morgan fingerprint density at radius 1 is 1.57 bits per heavy atom. The minimum atomic E-state index is -3.41. The van der Waals surface area contributed by atoms with Crippen molar-refractivity contribution in [1.82, 2.24) is 19.9 Å². The number of nitrogens with one attached hydrogen (secondary N) is 1. The van der Waals surface area contributed by atoms with Crippen LogP contribution < -0.4 is 4.72 Å². The molecule has 1 aromatic rings. The Bertz CT molecular complexity index is 600. The molecule has 1 fully saturated rings. The van der Waals surface area contributed by atoms with Crippen molar-refractivity contribution in [2.24, 2.45) is 5.92 Å². The fraction of sp³-hybridized carbons (Fsp3) is 0.727. The Morgan fingerprint density at radius 2 is 2.33 bits per heavy atom. The highest BCUT2D eigenvalue weighted by atomic mass is 32.2. The second kappa shape index (κ2) is 6.39. The second-order valence-corrected chi connectivity index (χ2v) is 6.91. The van der Waals surface area contributed by atoms with Gasteiger partial charge < -0.3 is 10.0 Å². The average molecular weight is 317 g/mol. The first-order chi connectivity index (χ1) is 9.87. The molecule has 21 heavy (non-hydrogen) atoms. The van der Waals surface area contributed by atoms with Crippen molar-refractivity contribution in [2.75, 3.05) is 30.7 Å². The van der Waals surface area contributed by atoms with Crippen molar-refractivity contribution in [3.05, 3.63) is 6.20 Å². The lowest BCUT2D eigenvalue weighted by Crippen LogP contribution is -2.42. The van der Waals surface area contributed by atoms with Crippen LogP contribution in [-0.4, -0.2) is 65.3 Å². The number of carbonyl (C=O) groups is 1. The highest BCUT2D eigenvalue weighted by molar-refractivity contribution is 7.92. The van der Waals surface area contributed by atoms with Gasteiger partial charge in [-0.05, 0) is 18.8 Å². The van der Waals surface area contributed by atoms with E-state index in [0.717, 1.165) is 23.9 Å². The molecule has 0 spiro atoms. The van der Waals surface area contributed by atoms with E-state index in [1.807, 2.05) is 0 Å². The average Bonchev–Trinajstić information content (AvgIpc) is 2.83. The van der Waals surface area contributed by atoms with Crippen LogP contribution in [0, 0.1) is 5.92 Å². The van der Waals surface area contributed by atoms with Gasteiger partial charge in [0, 0.05) is 19.7 Å². The Balaban J connectivity index is 1.93. The number of aromatic nitrogens is 3. The smallest absolute Gasteiger partial charge is 0.246 e. The molecule has 0 aliphatic carbocycles. The Labute approximate surface area is 123 Å². The lowest BCUT2D eigenvalue weighted by Gasteiger charge is -2.31. The number of carbonyl (C=O) groups excluding carboxylic acids is 1. The molecule has 1 aliphatic rings. The molecule has 1 amide bonds. The van der Waals surface area contributed by atoms with E-state index in [2.05, 4.69) is 14.9 Å². The molecule has 0 radical (unpaired) electrons. The first kappa shape index (κ1) is 15.7. The molecular formula is C11H19N5O4S. The predicted molar refractivity (Wildman–Crippen MR) is 74.9 cm³/mol. The van der Waals surface area contributed by atoms with Gasteiger partial charge in [-0.15, -0.1) is 5.10 Å². The Hall–Kier alpha value is -1.68. The fourth-order valence-corrected chi connectivity index (χ4v) is 2.75.